The summed E-state index contributed by atoms with van der Waals surface area (Å²) in [6.45, 7) is 0. The third kappa shape index (κ3) is 4.88. The first-order valence-electron chi connectivity index (χ1n) is 7.23. The number of nitro benzene ring substituents is 1. The lowest BCUT2D eigenvalue weighted by Crippen LogP contribution is -2.06. The van der Waals surface area contributed by atoms with Crippen LogP contribution in [0.2, 0.25) is 0 Å². The second-order valence-corrected chi connectivity index (χ2v) is 5.95. The predicted octanol–water partition coefficient (Wildman–Crippen LogP) is 4.84. The van der Waals surface area contributed by atoms with Gasteiger partial charge in [-0.1, -0.05) is 0 Å². The van der Waals surface area contributed by atoms with Gasteiger partial charge in [-0.05, 0) is 45.8 Å². The summed E-state index contributed by atoms with van der Waals surface area (Å²) in [5.74, 6) is 0.898. The molecule has 0 saturated carbocycles. The van der Waals surface area contributed by atoms with Gasteiger partial charge in [-0.3, -0.25) is 15.5 Å². The third-order valence-electron chi connectivity index (χ3n) is 3.38. The number of nitrogens with zero attached hydrogens (tertiary/aromatic N) is 2. The van der Waals surface area contributed by atoms with Crippen molar-refractivity contribution in [2.75, 3.05) is 19.6 Å². The molecule has 2 rings (SSSR count). The lowest BCUT2D eigenvalue weighted by Gasteiger charge is -2.10. The number of halogens is 4. The van der Waals surface area contributed by atoms with E-state index >= 15 is 0 Å². The van der Waals surface area contributed by atoms with E-state index in [0.717, 1.165) is 12.1 Å². The Morgan fingerprint density at radius 1 is 1.22 bits per heavy atom. The molecule has 0 aliphatic carbocycles. The molecule has 0 aromatic heterocycles. The first-order chi connectivity index (χ1) is 12.7. The summed E-state index contributed by atoms with van der Waals surface area (Å²) in [6, 6.07) is 5.40. The molecule has 144 valence electrons. The number of rotatable bonds is 6. The van der Waals surface area contributed by atoms with Crippen LogP contribution in [-0.2, 0) is 6.18 Å². The molecule has 27 heavy (non-hydrogen) atoms. The second kappa shape index (κ2) is 8.25. The Morgan fingerprint density at radius 2 is 1.93 bits per heavy atom. The van der Waals surface area contributed by atoms with Crippen LogP contribution in [0.5, 0.6) is 11.5 Å². The van der Waals surface area contributed by atoms with Crippen LogP contribution in [0.3, 0.4) is 0 Å². The van der Waals surface area contributed by atoms with Crippen LogP contribution in [-0.4, -0.2) is 25.4 Å². The quantitative estimate of drug-likeness (QED) is 0.389. The van der Waals surface area contributed by atoms with E-state index in [2.05, 4.69) is 26.5 Å². The zero-order chi connectivity index (χ0) is 20.2. The maximum absolute atomic E-state index is 12.7. The first kappa shape index (κ1) is 20.5. The van der Waals surface area contributed by atoms with Crippen LogP contribution in [0.1, 0.15) is 11.1 Å². The SMILES string of the molecule is COc1cc(/C=N/Nc2ccc(C(F)(F)F)cc2[N+](=O)[O-])cc(Br)c1OC. The molecule has 0 unspecified atom stereocenters. The lowest BCUT2D eigenvalue weighted by atomic mass is 10.1. The summed E-state index contributed by atoms with van der Waals surface area (Å²) < 4.78 is 49.1. The van der Waals surface area contributed by atoms with Gasteiger partial charge in [0.1, 0.15) is 5.69 Å². The molecule has 1 N–H and O–H groups in total. The Hall–Kier alpha value is -2.82. The van der Waals surface area contributed by atoms with Crippen molar-refractivity contribution in [2.45, 2.75) is 6.18 Å². The number of benzene rings is 2. The number of nitro groups is 1. The Labute approximate surface area is 160 Å². The largest absolute Gasteiger partial charge is 0.493 e. The fourth-order valence-electron chi connectivity index (χ4n) is 2.14. The number of alkyl halides is 3. The fourth-order valence-corrected chi connectivity index (χ4v) is 2.76. The number of methoxy groups -OCH3 is 2. The van der Waals surface area contributed by atoms with E-state index in [-0.39, 0.29) is 5.69 Å². The van der Waals surface area contributed by atoms with E-state index in [0.29, 0.717) is 27.6 Å². The zero-order valence-corrected chi connectivity index (χ0v) is 15.6. The Balaban J connectivity index is 2.28. The number of ether oxygens (including phenoxy) is 2. The fraction of sp³-hybridized carbons (Fsp3) is 0.188. The monoisotopic (exact) mass is 447 g/mol. The first-order valence-corrected chi connectivity index (χ1v) is 8.03. The van der Waals surface area contributed by atoms with Crippen molar-refractivity contribution in [2.24, 2.45) is 5.10 Å². The number of anilines is 1. The van der Waals surface area contributed by atoms with Gasteiger partial charge in [0, 0.05) is 6.07 Å². The third-order valence-corrected chi connectivity index (χ3v) is 3.97. The molecule has 0 spiro atoms. The average Bonchev–Trinajstić information content (AvgIpc) is 2.60. The van der Waals surface area contributed by atoms with Crippen molar-refractivity contribution in [1.29, 1.82) is 0 Å². The van der Waals surface area contributed by atoms with Crippen molar-refractivity contribution in [1.82, 2.24) is 0 Å². The summed E-state index contributed by atoms with van der Waals surface area (Å²) in [7, 11) is 2.93. The van der Waals surface area contributed by atoms with Crippen LogP contribution < -0.4 is 14.9 Å². The van der Waals surface area contributed by atoms with Crippen LogP contribution in [0, 0.1) is 10.1 Å². The molecule has 0 fully saturated rings. The molecule has 7 nitrogen and oxygen atoms in total. The van der Waals surface area contributed by atoms with Crippen molar-refractivity contribution < 1.29 is 27.6 Å². The highest BCUT2D eigenvalue weighted by Gasteiger charge is 2.33. The van der Waals surface area contributed by atoms with Gasteiger partial charge in [0.05, 0.1) is 35.4 Å². The summed E-state index contributed by atoms with van der Waals surface area (Å²) in [5, 5.41) is 14.9. The maximum Gasteiger partial charge on any atom is 0.416 e. The molecule has 0 heterocycles. The van der Waals surface area contributed by atoms with Crippen LogP contribution in [0.4, 0.5) is 24.5 Å². The molecule has 0 amide bonds. The Morgan fingerprint density at radius 3 is 2.48 bits per heavy atom. The number of hydrogen-bond acceptors (Lipinski definition) is 6. The summed E-state index contributed by atoms with van der Waals surface area (Å²) in [6.07, 6.45) is -3.35. The summed E-state index contributed by atoms with van der Waals surface area (Å²) in [5.41, 5.74) is 0.902. The molecule has 0 saturated heterocycles. The van der Waals surface area contributed by atoms with Gasteiger partial charge in [0.2, 0.25) is 0 Å². The molecule has 2 aromatic carbocycles. The van der Waals surface area contributed by atoms with Crippen molar-refractivity contribution in [3.8, 4) is 11.5 Å². The van der Waals surface area contributed by atoms with Gasteiger partial charge in [-0.25, -0.2) is 0 Å². The molecule has 0 aliphatic heterocycles. The molecular weight excluding hydrogens is 435 g/mol. The second-order valence-electron chi connectivity index (χ2n) is 5.10. The van der Waals surface area contributed by atoms with Gasteiger partial charge in [0.25, 0.3) is 5.69 Å². The minimum atomic E-state index is -4.68. The summed E-state index contributed by atoms with van der Waals surface area (Å²) in [4.78, 5) is 10.1. The average molecular weight is 448 g/mol. The van der Waals surface area contributed by atoms with Crippen LogP contribution >= 0.6 is 15.9 Å². The van der Waals surface area contributed by atoms with E-state index in [9.17, 15) is 23.3 Å². The van der Waals surface area contributed by atoms with Crippen molar-refractivity contribution >= 4 is 33.5 Å². The number of nitrogens with one attached hydrogen (secondary N) is 1. The Kier molecular flexibility index (Phi) is 6.26. The number of hydrazone groups is 1. The molecule has 0 aliphatic rings. The smallest absolute Gasteiger partial charge is 0.416 e. The highest BCUT2D eigenvalue weighted by molar-refractivity contribution is 9.10. The van der Waals surface area contributed by atoms with Crippen LogP contribution in [0.15, 0.2) is 39.9 Å². The molecular formula is C16H13BrF3N3O4. The highest BCUT2D eigenvalue weighted by Crippen LogP contribution is 2.36. The van der Waals surface area contributed by atoms with E-state index < -0.39 is 22.4 Å². The zero-order valence-electron chi connectivity index (χ0n) is 14.0. The predicted molar refractivity (Wildman–Crippen MR) is 96.6 cm³/mol. The van der Waals surface area contributed by atoms with Gasteiger partial charge < -0.3 is 9.47 Å². The van der Waals surface area contributed by atoms with E-state index in [1.807, 2.05) is 0 Å². The standard InChI is InChI=1S/C16H13BrF3N3O4/c1-26-14-6-9(5-11(17)15(14)27-2)8-21-22-12-4-3-10(16(18,19)20)7-13(12)23(24)25/h3-8,22H,1-2H3/b21-8+. The van der Waals surface area contributed by atoms with Crippen LogP contribution in [0.25, 0.3) is 0 Å². The highest BCUT2D eigenvalue weighted by atomic mass is 79.9. The van der Waals surface area contributed by atoms with E-state index in [1.165, 1.54) is 20.4 Å². The van der Waals surface area contributed by atoms with Crippen molar-refractivity contribution in [3.63, 3.8) is 0 Å². The van der Waals surface area contributed by atoms with Gasteiger partial charge >= 0.3 is 6.18 Å². The van der Waals surface area contributed by atoms with E-state index in [1.54, 1.807) is 12.1 Å². The van der Waals surface area contributed by atoms with Gasteiger partial charge in [-0.15, -0.1) is 0 Å². The topological polar surface area (TPSA) is 86.0 Å². The van der Waals surface area contributed by atoms with Gasteiger partial charge in [-0.2, -0.15) is 18.3 Å². The van der Waals surface area contributed by atoms with Crippen molar-refractivity contribution in [3.05, 3.63) is 56.0 Å². The normalized spacial score (nSPS) is 11.5. The molecule has 2 aromatic rings. The minimum Gasteiger partial charge on any atom is -0.493 e. The van der Waals surface area contributed by atoms with Gasteiger partial charge in [0.15, 0.2) is 11.5 Å². The van der Waals surface area contributed by atoms with E-state index in [4.69, 9.17) is 9.47 Å². The molecule has 0 atom stereocenters. The maximum atomic E-state index is 12.7. The molecule has 0 bridgehead atoms. The molecule has 0 radical (unpaired) electrons. The lowest BCUT2D eigenvalue weighted by molar-refractivity contribution is -0.384. The number of hydrogen-bond donors (Lipinski definition) is 1. The molecule has 11 heteroatoms. The Bertz CT molecular complexity index is 888. The summed E-state index contributed by atoms with van der Waals surface area (Å²) >= 11 is 3.31. The minimum absolute atomic E-state index is 0.177.